The van der Waals surface area contributed by atoms with E-state index in [1.54, 1.807) is 0 Å². The number of amides is 3. The second-order valence-corrected chi connectivity index (χ2v) is 10.0. The van der Waals surface area contributed by atoms with Gasteiger partial charge < -0.3 is 21.1 Å². The summed E-state index contributed by atoms with van der Waals surface area (Å²) < 4.78 is 0. The van der Waals surface area contributed by atoms with E-state index < -0.39 is 12.1 Å². The molecule has 1 saturated heterocycles. The van der Waals surface area contributed by atoms with Crippen LogP contribution in [0, 0.1) is 11.3 Å². The lowest BCUT2D eigenvalue weighted by atomic mass is 9.87. The quantitative estimate of drug-likeness (QED) is 0.420. The molecule has 1 aliphatic heterocycles. The fraction of sp³-hybridized carbons (Fsp3) is 0.640. The van der Waals surface area contributed by atoms with Crippen LogP contribution in [-0.2, 0) is 14.4 Å². The molecule has 1 heterocycles. The Morgan fingerprint density at radius 3 is 2.41 bits per heavy atom. The topological polar surface area (TPSA) is 108 Å². The summed E-state index contributed by atoms with van der Waals surface area (Å²) in [6.45, 7) is 8.48. The van der Waals surface area contributed by atoms with Crippen molar-refractivity contribution in [1.29, 1.82) is 0 Å². The van der Waals surface area contributed by atoms with Gasteiger partial charge in [0.1, 0.15) is 6.04 Å². The molecule has 3 amide bonds. The molecule has 0 aromatic heterocycles. The van der Waals surface area contributed by atoms with Gasteiger partial charge >= 0.3 is 0 Å². The standard InChI is InChI=1S/C25H39N3O4/c1-5-17(18-9-7-6-8-10-18)14-22(30)28-21(15-25(2,3)4)24(32)27-20(16-29)13-19-11-12-26-23(19)31/h6-10,17,19-21,29H,5,11-16H2,1-4H3,(H,26,31)(H,27,32)(H,28,30)/t17?,19-,20-,21-/m0/s1. The van der Waals surface area contributed by atoms with Gasteiger partial charge in [-0.25, -0.2) is 0 Å². The van der Waals surface area contributed by atoms with Crippen molar-refractivity contribution in [2.45, 2.75) is 77.8 Å². The zero-order valence-corrected chi connectivity index (χ0v) is 19.8. The number of aliphatic hydroxyl groups is 1. The molecule has 7 nitrogen and oxygen atoms in total. The highest BCUT2D eigenvalue weighted by atomic mass is 16.3. The monoisotopic (exact) mass is 445 g/mol. The molecule has 1 aromatic rings. The van der Waals surface area contributed by atoms with Gasteiger partial charge in [0.2, 0.25) is 17.7 Å². The van der Waals surface area contributed by atoms with Gasteiger partial charge in [-0.2, -0.15) is 0 Å². The maximum absolute atomic E-state index is 13.1. The van der Waals surface area contributed by atoms with Crippen LogP contribution >= 0.6 is 0 Å². The molecule has 0 bridgehead atoms. The Balaban J connectivity index is 2.03. The summed E-state index contributed by atoms with van der Waals surface area (Å²) in [6.07, 6.45) is 2.68. The molecule has 2 rings (SSSR count). The van der Waals surface area contributed by atoms with Crippen molar-refractivity contribution in [2.75, 3.05) is 13.2 Å². The summed E-state index contributed by atoms with van der Waals surface area (Å²) in [4.78, 5) is 37.8. The number of carbonyl (C=O) groups excluding carboxylic acids is 3. The third-order valence-corrected chi connectivity index (χ3v) is 5.96. The highest BCUT2D eigenvalue weighted by molar-refractivity contribution is 5.88. The smallest absolute Gasteiger partial charge is 0.242 e. The van der Waals surface area contributed by atoms with Crippen LogP contribution in [0.4, 0.5) is 0 Å². The van der Waals surface area contributed by atoms with E-state index in [0.717, 1.165) is 12.0 Å². The van der Waals surface area contributed by atoms with Crippen molar-refractivity contribution in [2.24, 2.45) is 11.3 Å². The SMILES string of the molecule is CCC(CC(=O)N[C@@H](CC(C)(C)C)C(=O)N[C@H](CO)C[C@@H]1CCNC1=O)c1ccccc1. The molecule has 7 heteroatoms. The predicted molar refractivity (Wildman–Crippen MR) is 125 cm³/mol. The van der Waals surface area contributed by atoms with E-state index in [0.29, 0.717) is 32.2 Å². The van der Waals surface area contributed by atoms with Crippen molar-refractivity contribution in [3.05, 3.63) is 35.9 Å². The zero-order chi connectivity index (χ0) is 23.7. The number of nitrogens with one attached hydrogen (secondary N) is 3. The Morgan fingerprint density at radius 1 is 1.19 bits per heavy atom. The van der Waals surface area contributed by atoms with E-state index in [9.17, 15) is 19.5 Å². The Bertz CT molecular complexity index is 760. The van der Waals surface area contributed by atoms with Gasteiger partial charge in [0.05, 0.1) is 12.6 Å². The third kappa shape index (κ3) is 8.26. The van der Waals surface area contributed by atoms with Gasteiger partial charge in [0, 0.05) is 18.9 Å². The van der Waals surface area contributed by atoms with Gasteiger partial charge in [-0.05, 0) is 42.6 Å². The molecule has 0 radical (unpaired) electrons. The maximum atomic E-state index is 13.1. The average molecular weight is 446 g/mol. The summed E-state index contributed by atoms with van der Waals surface area (Å²) in [5.74, 6) is -0.650. The van der Waals surface area contributed by atoms with Crippen LogP contribution in [-0.4, -0.2) is 48.1 Å². The summed E-state index contributed by atoms with van der Waals surface area (Å²) in [7, 11) is 0. The molecule has 4 N–H and O–H groups in total. The largest absolute Gasteiger partial charge is 0.394 e. The molecule has 178 valence electrons. The van der Waals surface area contributed by atoms with Gasteiger partial charge in [0.15, 0.2) is 0 Å². The molecule has 1 unspecified atom stereocenters. The van der Waals surface area contributed by atoms with Crippen molar-refractivity contribution in [3.63, 3.8) is 0 Å². The molecule has 0 saturated carbocycles. The van der Waals surface area contributed by atoms with Crippen LogP contribution in [0.3, 0.4) is 0 Å². The zero-order valence-electron chi connectivity index (χ0n) is 19.8. The average Bonchev–Trinajstić information content (AvgIpc) is 3.14. The molecule has 0 aliphatic carbocycles. The molecular weight excluding hydrogens is 406 g/mol. The number of hydrogen-bond donors (Lipinski definition) is 4. The summed E-state index contributed by atoms with van der Waals surface area (Å²) in [5, 5.41) is 18.3. The minimum Gasteiger partial charge on any atom is -0.394 e. The Kier molecular flexibility index (Phi) is 9.69. The molecule has 4 atom stereocenters. The third-order valence-electron chi connectivity index (χ3n) is 5.96. The maximum Gasteiger partial charge on any atom is 0.242 e. The van der Waals surface area contributed by atoms with E-state index in [-0.39, 0.29) is 41.6 Å². The first-order valence-corrected chi connectivity index (χ1v) is 11.7. The number of aliphatic hydroxyl groups excluding tert-OH is 1. The first-order valence-electron chi connectivity index (χ1n) is 11.7. The normalized spacial score (nSPS) is 19.0. The number of carbonyl (C=O) groups is 3. The van der Waals surface area contributed by atoms with Crippen molar-refractivity contribution < 1.29 is 19.5 Å². The lowest BCUT2D eigenvalue weighted by molar-refractivity contribution is -0.130. The highest BCUT2D eigenvalue weighted by Crippen LogP contribution is 2.25. The van der Waals surface area contributed by atoms with Crippen LogP contribution < -0.4 is 16.0 Å². The molecular formula is C25H39N3O4. The number of hydrogen-bond acceptors (Lipinski definition) is 4. The molecule has 0 spiro atoms. The first kappa shape index (κ1) is 25.8. The lowest BCUT2D eigenvalue weighted by Crippen LogP contribution is -2.52. The summed E-state index contributed by atoms with van der Waals surface area (Å²) >= 11 is 0. The Labute approximate surface area is 191 Å². The first-order chi connectivity index (χ1) is 15.1. The Hall–Kier alpha value is -2.41. The summed E-state index contributed by atoms with van der Waals surface area (Å²) in [6, 6.07) is 8.69. The fourth-order valence-electron chi connectivity index (χ4n) is 4.22. The van der Waals surface area contributed by atoms with Crippen LogP contribution in [0.25, 0.3) is 0 Å². The predicted octanol–water partition coefficient (Wildman–Crippen LogP) is 2.49. The minimum absolute atomic E-state index is 0.0382. The van der Waals surface area contributed by atoms with Crippen molar-refractivity contribution >= 4 is 17.7 Å². The van der Waals surface area contributed by atoms with Crippen molar-refractivity contribution in [3.8, 4) is 0 Å². The van der Waals surface area contributed by atoms with E-state index >= 15 is 0 Å². The van der Waals surface area contributed by atoms with Crippen molar-refractivity contribution in [1.82, 2.24) is 16.0 Å². The number of rotatable bonds is 11. The number of benzene rings is 1. The summed E-state index contributed by atoms with van der Waals surface area (Å²) in [5.41, 5.74) is 0.927. The molecule has 1 fully saturated rings. The van der Waals surface area contributed by atoms with Crippen LogP contribution in [0.1, 0.15) is 71.3 Å². The Morgan fingerprint density at radius 2 is 1.88 bits per heavy atom. The second kappa shape index (κ2) is 12.0. The van der Waals surface area contributed by atoms with E-state index in [2.05, 4.69) is 22.9 Å². The molecule has 1 aromatic carbocycles. The fourth-order valence-corrected chi connectivity index (χ4v) is 4.22. The van der Waals surface area contributed by atoms with Gasteiger partial charge in [-0.1, -0.05) is 58.0 Å². The van der Waals surface area contributed by atoms with Gasteiger partial charge in [-0.3, -0.25) is 14.4 Å². The van der Waals surface area contributed by atoms with E-state index in [4.69, 9.17) is 0 Å². The van der Waals surface area contributed by atoms with E-state index in [1.165, 1.54) is 0 Å². The lowest BCUT2D eigenvalue weighted by Gasteiger charge is -2.28. The van der Waals surface area contributed by atoms with Gasteiger partial charge in [-0.15, -0.1) is 0 Å². The van der Waals surface area contributed by atoms with E-state index in [1.807, 2.05) is 51.1 Å². The highest BCUT2D eigenvalue weighted by Gasteiger charge is 2.31. The van der Waals surface area contributed by atoms with Crippen LogP contribution in [0.15, 0.2) is 30.3 Å². The second-order valence-electron chi connectivity index (χ2n) is 10.0. The van der Waals surface area contributed by atoms with Gasteiger partial charge in [0.25, 0.3) is 0 Å². The minimum atomic E-state index is -0.706. The molecule has 1 aliphatic rings. The van der Waals surface area contributed by atoms with Crippen LogP contribution in [0.2, 0.25) is 0 Å². The van der Waals surface area contributed by atoms with Crippen LogP contribution in [0.5, 0.6) is 0 Å². The molecule has 32 heavy (non-hydrogen) atoms.